The Bertz CT molecular complexity index is 915. The highest BCUT2D eigenvalue weighted by Gasteiger charge is 2.30. The predicted octanol–water partition coefficient (Wildman–Crippen LogP) is 1.32. The Morgan fingerprint density at radius 1 is 0.872 bits per heavy atom. The van der Waals surface area contributed by atoms with E-state index < -0.39 is 41.9 Å². The lowest BCUT2D eigenvalue weighted by atomic mass is 10.00. The zero-order chi connectivity index (χ0) is 29.2. The normalized spacial score (nSPS) is 14.0. The van der Waals surface area contributed by atoms with Crippen LogP contribution in [-0.2, 0) is 30.4 Å². The van der Waals surface area contributed by atoms with Crippen molar-refractivity contribution >= 4 is 41.7 Å². The molecule has 10 nitrogen and oxygen atoms in total. The van der Waals surface area contributed by atoms with Gasteiger partial charge in [0.05, 0.1) is 6.04 Å². The maximum atomic E-state index is 13.5. The topological polar surface area (TPSA) is 159 Å². The molecular weight excluding hydrogens is 518 g/mol. The van der Waals surface area contributed by atoms with E-state index in [4.69, 9.17) is 5.73 Å². The molecule has 4 amide bonds. The van der Waals surface area contributed by atoms with Gasteiger partial charge in [-0.05, 0) is 69.1 Å². The fraction of sp³-hybridized carbons (Fsp3) is 0.607. The van der Waals surface area contributed by atoms with Gasteiger partial charge in [-0.25, -0.2) is 0 Å². The van der Waals surface area contributed by atoms with Gasteiger partial charge in [-0.1, -0.05) is 44.2 Å². The molecule has 39 heavy (non-hydrogen) atoms. The molecule has 0 aliphatic rings. The van der Waals surface area contributed by atoms with E-state index in [-0.39, 0.29) is 18.1 Å². The summed E-state index contributed by atoms with van der Waals surface area (Å²) in [5, 5.41) is 10.9. The van der Waals surface area contributed by atoms with Crippen LogP contribution in [0.2, 0.25) is 0 Å². The van der Waals surface area contributed by atoms with Crippen molar-refractivity contribution in [3.05, 3.63) is 35.9 Å². The van der Waals surface area contributed by atoms with Gasteiger partial charge < -0.3 is 27.0 Å². The number of nitrogens with two attached hydrogens (primary N) is 1. The van der Waals surface area contributed by atoms with E-state index in [1.54, 1.807) is 11.8 Å². The lowest BCUT2D eigenvalue weighted by Crippen LogP contribution is -2.58. The minimum atomic E-state index is -0.969. The summed E-state index contributed by atoms with van der Waals surface area (Å²) < 4.78 is 0. The van der Waals surface area contributed by atoms with Crippen molar-refractivity contribution in [1.29, 1.82) is 0 Å². The highest BCUT2D eigenvalue weighted by molar-refractivity contribution is 7.98. The van der Waals surface area contributed by atoms with Gasteiger partial charge in [-0.2, -0.15) is 11.8 Å². The lowest BCUT2D eigenvalue weighted by molar-refractivity contribution is -0.134. The Morgan fingerprint density at radius 2 is 1.46 bits per heavy atom. The van der Waals surface area contributed by atoms with Gasteiger partial charge in [0.25, 0.3) is 0 Å². The number of ketones is 1. The highest BCUT2D eigenvalue weighted by atomic mass is 32.2. The zero-order valence-electron chi connectivity index (χ0n) is 23.5. The molecule has 0 aromatic heterocycles. The predicted molar refractivity (Wildman–Crippen MR) is 155 cm³/mol. The molecule has 1 aromatic rings. The fourth-order valence-corrected chi connectivity index (χ4v) is 4.53. The van der Waals surface area contributed by atoms with E-state index in [9.17, 15) is 24.0 Å². The summed E-state index contributed by atoms with van der Waals surface area (Å²) >= 11 is 1.54. The molecule has 1 rings (SSSR count). The minimum absolute atomic E-state index is 0.0655. The molecule has 6 N–H and O–H groups in total. The van der Waals surface area contributed by atoms with Gasteiger partial charge in [0.1, 0.15) is 18.1 Å². The molecule has 218 valence electrons. The molecule has 4 unspecified atom stereocenters. The summed E-state index contributed by atoms with van der Waals surface area (Å²) in [6.45, 7) is 5.77. The zero-order valence-corrected chi connectivity index (χ0v) is 24.4. The molecule has 4 atom stereocenters. The van der Waals surface area contributed by atoms with Crippen molar-refractivity contribution in [3.63, 3.8) is 0 Å². The Kier molecular flexibility index (Phi) is 16.8. The third-order valence-electron chi connectivity index (χ3n) is 6.21. The molecule has 1 aromatic carbocycles. The Balaban J connectivity index is 3.13. The van der Waals surface area contributed by atoms with Crippen LogP contribution in [0.1, 0.15) is 58.4 Å². The standard InChI is InChI=1S/C28H45N5O5S/c1-19(2)16-24(32-26(36)23(30-18-34)13-15-39-4)27(37)33-25(17-21-10-6-5-7-11-21)28(38)31-22(20(3)35)12-8-9-14-29/h5-7,10-11,18-19,22-25H,8-9,12-17,29H2,1-4H3,(H,30,34)(H,31,38)(H,32,36)(H,33,37). The molecular formula is C28H45N5O5S. The first kappa shape index (κ1) is 34.1. The molecule has 0 radical (unpaired) electrons. The van der Waals surface area contributed by atoms with E-state index in [0.717, 1.165) is 12.0 Å². The number of thioether (sulfide) groups is 1. The number of benzene rings is 1. The van der Waals surface area contributed by atoms with E-state index in [1.165, 1.54) is 6.92 Å². The average molecular weight is 564 g/mol. The monoisotopic (exact) mass is 563 g/mol. The number of unbranched alkanes of at least 4 members (excludes halogenated alkanes) is 1. The smallest absolute Gasteiger partial charge is 0.243 e. The summed E-state index contributed by atoms with van der Waals surface area (Å²) in [5.74, 6) is -0.898. The third-order valence-corrected chi connectivity index (χ3v) is 6.85. The first-order chi connectivity index (χ1) is 18.6. The maximum Gasteiger partial charge on any atom is 0.243 e. The first-order valence-electron chi connectivity index (χ1n) is 13.5. The molecule has 0 saturated heterocycles. The van der Waals surface area contributed by atoms with Crippen molar-refractivity contribution in [1.82, 2.24) is 21.3 Å². The van der Waals surface area contributed by atoms with Crippen LogP contribution in [0.15, 0.2) is 30.3 Å². The quantitative estimate of drug-likeness (QED) is 0.118. The number of rotatable bonds is 20. The van der Waals surface area contributed by atoms with Crippen LogP contribution in [0, 0.1) is 5.92 Å². The van der Waals surface area contributed by atoms with Crippen LogP contribution < -0.4 is 27.0 Å². The van der Waals surface area contributed by atoms with Crippen LogP contribution in [-0.4, -0.2) is 72.6 Å². The van der Waals surface area contributed by atoms with E-state index in [1.807, 2.05) is 50.4 Å². The third kappa shape index (κ3) is 13.6. The molecule has 11 heteroatoms. The molecule has 0 spiro atoms. The highest BCUT2D eigenvalue weighted by Crippen LogP contribution is 2.10. The van der Waals surface area contributed by atoms with Gasteiger partial charge in [0.2, 0.25) is 24.1 Å². The van der Waals surface area contributed by atoms with Gasteiger partial charge in [0.15, 0.2) is 5.78 Å². The minimum Gasteiger partial charge on any atom is -0.347 e. The van der Waals surface area contributed by atoms with Gasteiger partial charge in [-0.15, -0.1) is 0 Å². The van der Waals surface area contributed by atoms with E-state index in [0.29, 0.717) is 44.4 Å². The van der Waals surface area contributed by atoms with Crippen molar-refractivity contribution < 1.29 is 24.0 Å². The second-order valence-electron chi connectivity index (χ2n) is 10.0. The number of carbonyl (C=O) groups is 5. The maximum absolute atomic E-state index is 13.5. The van der Waals surface area contributed by atoms with Crippen LogP contribution in [0.3, 0.4) is 0 Å². The number of carbonyl (C=O) groups excluding carboxylic acids is 5. The number of nitrogens with one attached hydrogen (secondary N) is 4. The number of hydrogen-bond donors (Lipinski definition) is 5. The van der Waals surface area contributed by atoms with Crippen molar-refractivity contribution in [2.45, 2.75) is 83.5 Å². The molecule has 0 aliphatic carbocycles. The Morgan fingerprint density at radius 3 is 2.03 bits per heavy atom. The van der Waals surface area contributed by atoms with E-state index in [2.05, 4.69) is 21.3 Å². The van der Waals surface area contributed by atoms with Crippen molar-refractivity contribution in [2.24, 2.45) is 11.7 Å². The summed E-state index contributed by atoms with van der Waals surface area (Å²) in [6, 6.07) is 5.90. The van der Waals surface area contributed by atoms with Crippen LogP contribution in [0.25, 0.3) is 0 Å². The van der Waals surface area contributed by atoms with Gasteiger partial charge >= 0.3 is 0 Å². The summed E-state index contributed by atoms with van der Waals surface area (Å²) in [6.07, 6.45) is 5.21. The molecule has 0 aliphatic heterocycles. The molecule has 0 saturated carbocycles. The second kappa shape index (κ2) is 19.2. The van der Waals surface area contributed by atoms with E-state index >= 15 is 0 Å². The lowest BCUT2D eigenvalue weighted by Gasteiger charge is -2.27. The molecule has 0 bridgehead atoms. The summed E-state index contributed by atoms with van der Waals surface area (Å²) in [5.41, 5.74) is 6.40. The molecule has 0 heterocycles. The van der Waals surface area contributed by atoms with Crippen LogP contribution in [0.5, 0.6) is 0 Å². The SMILES string of the molecule is CSCCC(NC=O)C(=O)NC(CC(C)C)C(=O)NC(Cc1ccccc1)C(=O)NC(CCCCN)C(C)=O. The van der Waals surface area contributed by atoms with Crippen molar-refractivity contribution in [3.8, 4) is 0 Å². The fourth-order valence-electron chi connectivity index (χ4n) is 4.06. The number of hydrogen-bond acceptors (Lipinski definition) is 7. The summed E-state index contributed by atoms with van der Waals surface area (Å²) in [7, 11) is 0. The molecule has 0 fully saturated rings. The number of amides is 4. The average Bonchev–Trinajstić information content (AvgIpc) is 2.89. The van der Waals surface area contributed by atoms with Crippen molar-refractivity contribution in [2.75, 3.05) is 18.6 Å². The second-order valence-corrected chi connectivity index (χ2v) is 11.0. The first-order valence-corrected chi connectivity index (χ1v) is 14.9. The largest absolute Gasteiger partial charge is 0.347 e. The van der Waals surface area contributed by atoms with Crippen LogP contribution >= 0.6 is 11.8 Å². The van der Waals surface area contributed by atoms with Crippen LogP contribution in [0.4, 0.5) is 0 Å². The Hall–Kier alpha value is -2.92. The number of Topliss-reactive ketones (excluding diaryl/α,β-unsaturated/α-hetero) is 1. The Labute approximate surface area is 236 Å². The van der Waals surface area contributed by atoms with Gasteiger partial charge in [-0.3, -0.25) is 24.0 Å². The summed E-state index contributed by atoms with van der Waals surface area (Å²) in [4.78, 5) is 63.0. The van der Waals surface area contributed by atoms with Gasteiger partial charge in [0, 0.05) is 6.42 Å².